The summed E-state index contributed by atoms with van der Waals surface area (Å²) in [4.78, 5) is 28.0. The predicted molar refractivity (Wildman–Crippen MR) is 126 cm³/mol. The Bertz CT molecular complexity index is 806. The summed E-state index contributed by atoms with van der Waals surface area (Å²) in [5, 5.41) is 14.9. The zero-order chi connectivity index (χ0) is 22.9. The maximum Gasteiger partial charge on any atom is 0.251 e. The van der Waals surface area contributed by atoms with Crippen molar-refractivity contribution in [1.82, 2.24) is 10.2 Å². The molecule has 2 amide bonds. The van der Waals surface area contributed by atoms with Crippen LogP contribution >= 0.6 is 0 Å². The minimum atomic E-state index is -0.510. The minimum Gasteiger partial charge on any atom is -0.392 e. The maximum atomic E-state index is 13.2. The number of likely N-dealkylation sites (tertiary alicyclic amines) is 1. The second-order valence-electron chi connectivity index (χ2n) is 10.9. The number of carbonyl (C=O) groups excluding carboxylic acids is 2. The number of rotatable bonds is 4. The van der Waals surface area contributed by atoms with E-state index in [0.29, 0.717) is 5.56 Å². The van der Waals surface area contributed by atoms with Crippen LogP contribution in [0.25, 0.3) is 0 Å². The summed E-state index contributed by atoms with van der Waals surface area (Å²) >= 11 is 0. The molecule has 0 spiro atoms. The van der Waals surface area contributed by atoms with Crippen molar-refractivity contribution < 1.29 is 14.7 Å². The number of carbonyl (C=O) groups is 2. The standard InChI is InChI=1S/C27H40N2O3/c1-18(26(32)29-16-8-5-9-17-29)21-12-14-27(3)15-13-22(19(2)23(27)24(21)30)28-25(31)20-10-6-4-7-11-20/h4,6-7,10-11,18-19,21-24,30H,5,8-9,12-17H2,1-3H3,(H,28,31)/t18-,19-,21+,22-,23+,24-,27+/m0/s1. The summed E-state index contributed by atoms with van der Waals surface area (Å²) < 4.78 is 0. The third-order valence-electron chi connectivity index (χ3n) is 8.94. The van der Waals surface area contributed by atoms with Gasteiger partial charge in [0.25, 0.3) is 5.91 Å². The number of nitrogens with zero attached hydrogens (tertiary/aromatic N) is 1. The van der Waals surface area contributed by atoms with E-state index in [2.05, 4.69) is 19.2 Å². The Hall–Kier alpha value is -1.88. The first-order chi connectivity index (χ1) is 15.3. The average molecular weight is 441 g/mol. The number of piperidine rings is 1. The van der Waals surface area contributed by atoms with Gasteiger partial charge in [0.1, 0.15) is 0 Å². The van der Waals surface area contributed by atoms with Crippen molar-refractivity contribution in [3.8, 4) is 0 Å². The molecule has 1 heterocycles. The lowest BCUT2D eigenvalue weighted by Gasteiger charge is -2.56. The molecule has 32 heavy (non-hydrogen) atoms. The summed E-state index contributed by atoms with van der Waals surface area (Å²) in [6.07, 6.45) is 6.76. The molecule has 2 N–H and O–H groups in total. The highest BCUT2D eigenvalue weighted by molar-refractivity contribution is 5.94. The van der Waals surface area contributed by atoms with Crippen LogP contribution in [0.4, 0.5) is 0 Å². The van der Waals surface area contributed by atoms with Gasteiger partial charge in [-0.2, -0.15) is 0 Å². The third-order valence-corrected chi connectivity index (χ3v) is 8.94. The molecule has 7 atom stereocenters. The first-order valence-corrected chi connectivity index (χ1v) is 12.6. The molecule has 2 saturated carbocycles. The highest BCUT2D eigenvalue weighted by Gasteiger charge is 2.54. The number of amides is 2. The van der Waals surface area contributed by atoms with Crippen molar-refractivity contribution >= 4 is 11.8 Å². The summed E-state index contributed by atoms with van der Waals surface area (Å²) in [5.74, 6) is 0.271. The van der Waals surface area contributed by atoms with E-state index in [0.717, 1.165) is 51.6 Å². The maximum absolute atomic E-state index is 13.2. The van der Waals surface area contributed by atoms with E-state index in [1.165, 1.54) is 6.42 Å². The van der Waals surface area contributed by atoms with Gasteiger partial charge in [0, 0.05) is 30.6 Å². The fourth-order valence-electron chi connectivity index (χ4n) is 6.92. The van der Waals surface area contributed by atoms with Crippen molar-refractivity contribution in [3.05, 3.63) is 35.9 Å². The number of hydrogen-bond acceptors (Lipinski definition) is 3. The molecule has 0 bridgehead atoms. The lowest BCUT2D eigenvalue weighted by molar-refractivity contribution is -0.150. The highest BCUT2D eigenvalue weighted by atomic mass is 16.3. The third kappa shape index (κ3) is 4.46. The van der Waals surface area contributed by atoms with Crippen molar-refractivity contribution in [2.75, 3.05) is 13.1 Å². The van der Waals surface area contributed by atoms with Crippen LogP contribution in [0.3, 0.4) is 0 Å². The van der Waals surface area contributed by atoms with Gasteiger partial charge < -0.3 is 15.3 Å². The Morgan fingerprint density at radius 2 is 1.75 bits per heavy atom. The zero-order valence-corrected chi connectivity index (χ0v) is 19.9. The Balaban J connectivity index is 1.47. The fraction of sp³-hybridized carbons (Fsp3) is 0.704. The van der Waals surface area contributed by atoms with Gasteiger partial charge in [-0.3, -0.25) is 9.59 Å². The van der Waals surface area contributed by atoms with Crippen LogP contribution in [0, 0.1) is 29.1 Å². The van der Waals surface area contributed by atoms with Gasteiger partial charge in [-0.25, -0.2) is 0 Å². The van der Waals surface area contributed by atoms with Gasteiger partial charge in [-0.15, -0.1) is 0 Å². The summed E-state index contributed by atoms with van der Waals surface area (Å²) in [6.45, 7) is 8.23. The lowest BCUT2D eigenvalue weighted by Crippen LogP contribution is -2.58. The fourth-order valence-corrected chi connectivity index (χ4v) is 6.92. The van der Waals surface area contributed by atoms with Gasteiger partial charge in [0.05, 0.1) is 6.10 Å². The molecule has 1 aromatic carbocycles. The molecule has 5 heteroatoms. The van der Waals surface area contributed by atoms with E-state index in [1.807, 2.05) is 42.2 Å². The molecule has 1 saturated heterocycles. The smallest absolute Gasteiger partial charge is 0.251 e. The highest BCUT2D eigenvalue weighted by Crippen LogP contribution is 2.55. The van der Waals surface area contributed by atoms with Crippen LogP contribution in [0.2, 0.25) is 0 Å². The van der Waals surface area contributed by atoms with Crippen LogP contribution in [0.1, 0.15) is 76.1 Å². The van der Waals surface area contributed by atoms with E-state index in [-0.39, 0.29) is 46.9 Å². The van der Waals surface area contributed by atoms with Crippen molar-refractivity contribution in [1.29, 1.82) is 0 Å². The van der Waals surface area contributed by atoms with Crippen LogP contribution in [0.5, 0.6) is 0 Å². The van der Waals surface area contributed by atoms with E-state index < -0.39 is 6.10 Å². The van der Waals surface area contributed by atoms with E-state index in [9.17, 15) is 14.7 Å². The summed E-state index contributed by atoms with van der Waals surface area (Å²) in [7, 11) is 0. The summed E-state index contributed by atoms with van der Waals surface area (Å²) in [6, 6.07) is 9.40. The molecule has 4 rings (SSSR count). The van der Waals surface area contributed by atoms with Crippen LogP contribution in [-0.2, 0) is 4.79 Å². The van der Waals surface area contributed by atoms with Crippen LogP contribution in [-0.4, -0.2) is 47.1 Å². The molecule has 176 valence electrons. The second-order valence-corrected chi connectivity index (χ2v) is 10.9. The molecule has 3 fully saturated rings. The predicted octanol–water partition coefficient (Wildman–Crippen LogP) is 4.26. The molecular formula is C27H40N2O3. The van der Waals surface area contributed by atoms with Crippen LogP contribution in [0.15, 0.2) is 30.3 Å². The number of fused-ring (bicyclic) bond motifs is 1. The number of nitrogens with one attached hydrogen (secondary N) is 1. The van der Waals surface area contributed by atoms with Crippen molar-refractivity contribution in [2.45, 2.75) is 77.9 Å². The minimum absolute atomic E-state index is 0.00599. The quantitative estimate of drug-likeness (QED) is 0.735. The number of hydrogen-bond donors (Lipinski definition) is 2. The van der Waals surface area contributed by atoms with Crippen molar-refractivity contribution in [3.63, 3.8) is 0 Å². The molecule has 0 unspecified atom stereocenters. The Morgan fingerprint density at radius 3 is 2.44 bits per heavy atom. The first kappa shape index (κ1) is 23.3. The van der Waals surface area contributed by atoms with Gasteiger partial charge in [-0.1, -0.05) is 39.0 Å². The SMILES string of the molecule is C[C@@H]1[C@@H]2[C@@H](O)[C@@H]([C@H](C)C(=O)N3CCCCC3)CC[C@]2(C)CC[C@@H]1NC(=O)c1ccccc1. The monoisotopic (exact) mass is 440 g/mol. The lowest BCUT2D eigenvalue weighted by atomic mass is 9.51. The molecule has 1 aliphatic heterocycles. The Kier molecular flexibility index (Phi) is 6.94. The van der Waals surface area contributed by atoms with Gasteiger partial charge in [-0.05, 0) is 80.2 Å². The summed E-state index contributed by atoms with van der Waals surface area (Å²) in [5.41, 5.74) is 0.743. The molecular weight excluding hydrogens is 400 g/mol. The van der Waals surface area contributed by atoms with Crippen molar-refractivity contribution in [2.24, 2.45) is 29.1 Å². The van der Waals surface area contributed by atoms with Gasteiger partial charge in [0.2, 0.25) is 5.91 Å². The van der Waals surface area contributed by atoms with Gasteiger partial charge >= 0.3 is 0 Å². The largest absolute Gasteiger partial charge is 0.392 e. The number of aliphatic hydroxyl groups excluding tert-OH is 1. The van der Waals surface area contributed by atoms with E-state index >= 15 is 0 Å². The molecule has 5 nitrogen and oxygen atoms in total. The first-order valence-electron chi connectivity index (χ1n) is 12.6. The second kappa shape index (κ2) is 9.54. The average Bonchev–Trinajstić information content (AvgIpc) is 2.81. The normalized spacial score (nSPS) is 36.1. The molecule has 2 aliphatic carbocycles. The van der Waals surface area contributed by atoms with Crippen LogP contribution < -0.4 is 5.32 Å². The number of benzene rings is 1. The zero-order valence-electron chi connectivity index (χ0n) is 19.9. The van der Waals surface area contributed by atoms with E-state index in [4.69, 9.17) is 0 Å². The van der Waals surface area contributed by atoms with E-state index in [1.54, 1.807) is 0 Å². The van der Waals surface area contributed by atoms with Gasteiger partial charge in [0.15, 0.2) is 0 Å². The molecule has 1 aromatic rings. The molecule has 0 radical (unpaired) electrons. The molecule has 0 aromatic heterocycles. The molecule has 3 aliphatic rings. The number of aliphatic hydroxyl groups is 1. The Labute approximate surface area is 193 Å². The Morgan fingerprint density at radius 1 is 1.09 bits per heavy atom. The topological polar surface area (TPSA) is 69.6 Å².